The molecule has 0 radical (unpaired) electrons. The number of amides is 1. The third kappa shape index (κ3) is 3.27. The predicted molar refractivity (Wildman–Crippen MR) is 74.8 cm³/mol. The van der Waals surface area contributed by atoms with Crippen LogP contribution in [0.5, 0.6) is 5.88 Å². The molecule has 2 rings (SSSR count). The van der Waals surface area contributed by atoms with Crippen molar-refractivity contribution in [3.05, 3.63) is 41.1 Å². The summed E-state index contributed by atoms with van der Waals surface area (Å²) in [7, 11) is 1.86. The van der Waals surface area contributed by atoms with Gasteiger partial charge in [-0.05, 0) is 13.0 Å². The lowest BCUT2D eigenvalue weighted by atomic mass is 10.2. The van der Waals surface area contributed by atoms with Gasteiger partial charge >= 0.3 is 0 Å². The summed E-state index contributed by atoms with van der Waals surface area (Å²) in [6.45, 7) is 2.65. The van der Waals surface area contributed by atoms with Crippen molar-refractivity contribution in [3.8, 4) is 5.88 Å². The van der Waals surface area contributed by atoms with E-state index in [9.17, 15) is 4.79 Å². The summed E-state index contributed by atoms with van der Waals surface area (Å²) in [4.78, 5) is 20.1. The van der Waals surface area contributed by atoms with E-state index < -0.39 is 0 Å². The number of hydrogen-bond donors (Lipinski definition) is 1. The minimum absolute atomic E-state index is 0.259. The molecule has 1 amide bonds. The van der Waals surface area contributed by atoms with Gasteiger partial charge in [-0.3, -0.25) is 4.79 Å². The van der Waals surface area contributed by atoms with Crippen molar-refractivity contribution in [2.75, 3.05) is 6.61 Å². The van der Waals surface area contributed by atoms with Gasteiger partial charge in [0.05, 0.1) is 18.7 Å². The zero-order chi connectivity index (χ0) is 14.5. The first kappa shape index (κ1) is 14.3. The van der Waals surface area contributed by atoms with Gasteiger partial charge in [0.1, 0.15) is 10.8 Å². The number of carbonyl (C=O) groups is 1. The molecule has 7 heteroatoms. The molecule has 1 N–H and O–H groups in total. The van der Waals surface area contributed by atoms with E-state index in [4.69, 9.17) is 16.3 Å². The lowest BCUT2D eigenvalue weighted by Crippen LogP contribution is -2.24. The number of halogens is 1. The first-order chi connectivity index (χ1) is 9.61. The van der Waals surface area contributed by atoms with Crippen molar-refractivity contribution < 1.29 is 9.53 Å². The number of pyridine rings is 1. The molecule has 0 aromatic carbocycles. The lowest BCUT2D eigenvalue weighted by Gasteiger charge is -2.07. The fraction of sp³-hybridized carbons (Fsp3) is 0.308. The maximum Gasteiger partial charge on any atom is 0.253 e. The zero-order valence-electron chi connectivity index (χ0n) is 11.3. The first-order valence-corrected chi connectivity index (χ1v) is 6.52. The van der Waals surface area contributed by atoms with E-state index in [1.807, 2.05) is 24.7 Å². The Balaban J connectivity index is 2.02. The molecule has 0 aliphatic rings. The van der Waals surface area contributed by atoms with Crippen molar-refractivity contribution >= 4 is 17.5 Å². The highest BCUT2D eigenvalue weighted by atomic mass is 35.5. The summed E-state index contributed by atoms with van der Waals surface area (Å²) < 4.78 is 7.05. The summed E-state index contributed by atoms with van der Waals surface area (Å²) in [6.07, 6.45) is 4.93. The average Bonchev–Trinajstić information content (AvgIpc) is 2.84. The van der Waals surface area contributed by atoms with Gasteiger partial charge in [-0.25, -0.2) is 9.97 Å². The Morgan fingerprint density at radius 2 is 2.30 bits per heavy atom. The molecule has 0 aliphatic carbocycles. The Kier molecular flexibility index (Phi) is 4.57. The van der Waals surface area contributed by atoms with Gasteiger partial charge in [0.25, 0.3) is 5.91 Å². The molecule has 0 aliphatic heterocycles. The van der Waals surface area contributed by atoms with Gasteiger partial charge in [-0.2, -0.15) is 0 Å². The Bertz CT molecular complexity index is 612. The zero-order valence-corrected chi connectivity index (χ0v) is 12.0. The molecule has 0 atom stereocenters. The molecule has 2 heterocycles. The number of rotatable bonds is 5. The summed E-state index contributed by atoms with van der Waals surface area (Å²) in [5, 5.41) is 3.08. The Labute approximate surface area is 121 Å². The highest BCUT2D eigenvalue weighted by molar-refractivity contribution is 6.32. The number of hydrogen-bond acceptors (Lipinski definition) is 4. The smallest absolute Gasteiger partial charge is 0.253 e. The van der Waals surface area contributed by atoms with E-state index in [1.54, 1.807) is 6.20 Å². The highest BCUT2D eigenvalue weighted by Gasteiger charge is 2.11. The Hall–Kier alpha value is -2.08. The molecule has 0 bridgehead atoms. The summed E-state index contributed by atoms with van der Waals surface area (Å²) >= 11 is 5.99. The number of ether oxygens (including phenoxy) is 1. The molecule has 0 saturated carbocycles. The van der Waals surface area contributed by atoms with Crippen LogP contribution in [0.4, 0.5) is 0 Å². The molecule has 0 spiro atoms. The maximum absolute atomic E-state index is 12.0. The number of nitrogens with zero attached hydrogens (tertiary/aromatic N) is 3. The van der Waals surface area contributed by atoms with Gasteiger partial charge in [-0.15, -0.1) is 0 Å². The van der Waals surface area contributed by atoms with Crippen molar-refractivity contribution in [1.29, 1.82) is 0 Å². The SMILES string of the molecule is CCOc1ncc(C(=O)NCc2nccn2C)cc1Cl. The molecule has 20 heavy (non-hydrogen) atoms. The van der Waals surface area contributed by atoms with E-state index in [2.05, 4.69) is 15.3 Å². The number of nitrogens with one attached hydrogen (secondary N) is 1. The van der Waals surface area contributed by atoms with Crippen molar-refractivity contribution in [2.45, 2.75) is 13.5 Å². The van der Waals surface area contributed by atoms with E-state index >= 15 is 0 Å². The molecular weight excluding hydrogens is 280 g/mol. The van der Waals surface area contributed by atoms with Crippen LogP contribution in [0.2, 0.25) is 5.02 Å². The van der Waals surface area contributed by atoms with Crippen LogP contribution >= 0.6 is 11.6 Å². The highest BCUT2D eigenvalue weighted by Crippen LogP contribution is 2.22. The van der Waals surface area contributed by atoms with Gasteiger partial charge in [0, 0.05) is 25.6 Å². The minimum Gasteiger partial charge on any atom is -0.477 e. The number of aryl methyl sites for hydroxylation is 1. The summed E-state index contributed by atoms with van der Waals surface area (Å²) in [5.74, 6) is 0.837. The fourth-order valence-electron chi connectivity index (χ4n) is 1.62. The van der Waals surface area contributed by atoms with Gasteiger partial charge < -0.3 is 14.6 Å². The Morgan fingerprint density at radius 1 is 1.50 bits per heavy atom. The predicted octanol–water partition coefficient (Wildman–Crippen LogP) is 1.80. The van der Waals surface area contributed by atoms with Gasteiger partial charge in [0.2, 0.25) is 5.88 Å². The van der Waals surface area contributed by atoms with Crippen LogP contribution in [0, 0.1) is 0 Å². The summed E-state index contributed by atoms with van der Waals surface area (Å²) in [5.41, 5.74) is 0.382. The third-order valence-corrected chi connectivity index (χ3v) is 2.95. The van der Waals surface area contributed by atoms with Gasteiger partial charge in [-0.1, -0.05) is 11.6 Å². The number of carbonyl (C=O) groups excluding carboxylic acids is 1. The topological polar surface area (TPSA) is 69.0 Å². The average molecular weight is 295 g/mol. The van der Waals surface area contributed by atoms with Crippen molar-refractivity contribution in [1.82, 2.24) is 19.9 Å². The van der Waals surface area contributed by atoms with Crippen molar-refractivity contribution in [3.63, 3.8) is 0 Å². The lowest BCUT2D eigenvalue weighted by molar-refractivity contribution is 0.0949. The van der Waals surface area contributed by atoms with Crippen LogP contribution in [-0.4, -0.2) is 27.0 Å². The second-order valence-electron chi connectivity index (χ2n) is 4.08. The second kappa shape index (κ2) is 6.38. The van der Waals surface area contributed by atoms with Crippen LogP contribution in [0.3, 0.4) is 0 Å². The third-order valence-electron chi connectivity index (χ3n) is 2.68. The molecule has 6 nitrogen and oxygen atoms in total. The molecule has 0 unspecified atom stereocenters. The largest absolute Gasteiger partial charge is 0.477 e. The first-order valence-electron chi connectivity index (χ1n) is 6.14. The number of aromatic nitrogens is 3. The maximum atomic E-state index is 12.0. The Morgan fingerprint density at radius 3 is 2.90 bits per heavy atom. The standard InChI is InChI=1S/C13H15ClN4O2/c1-3-20-13-10(14)6-9(7-17-13)12(19)16-8-11-15-4-5-18(11)2/h4-7H,3,8H2,1-2H3,(H,16,19). The van der Waals surface area contributed by atoms with Crippen molar-refractivity contribution in [2.24, 2.45) is 7.05 Å². The van der Waals surface area contributed by atoms with E-state index in [1.165, 1.54) is 12.3 Å². The quantitative estimate of drug-likeness (QED) is 0.913. The monoisotopic (exact) mass is 294 g/mol. The molecule has 2 aromatic rings. The van der Waals surface area contributed by atoms with Crippen LogP contribution in [0.25, 0.3) is 0 Å². The van der Waals surface area contributed by atoms with Crippen LogP contribution in [-0.2, 0) is 13.6 Å². The van der Waals surface area contributed by atoms with Crippen LogP contribution < -0.4 is 10.1 Å². The molecule has 0 saturated heterocycles. The minimum atomic E-state index is -0.259. The second-order valence-corrected chi connectivity index (χ2v) is 4.49. The molecule has 0 fully saturated rings. The number of imidazole rings is 1. The van der Waals surface area contributed by atoms with E-state index in [-0.39, 0.29) is 5.91 Å². The summed E-state index contributed by atoms with van der Waals surface area (Å²) in [6, 6.07) is 1.54. The molecular formula is C13H15ClN4O2. The normalized spacial score (nSPS) is 10.3. The molecule has 2 aromatic heterocycles. The van der Waals surface area contributed by atoms with Gasteiger partial charge in [0.15, 0.2) is 0 Å². The molecule has 106 valence electrons. The van der Waals surface area contributed by atoms with Crippen LogP contribution in [0.1, 0.15) is 23.1 Å². The van der Waals surface area contributed by atoms with Crippen LogP contribution in [0.15, 0.2) is 24.7 Å². The fourth-order valence-corrected chi connectivity index (χ4v) is 1.84. The van der Waals surface area contributed by atoms with E-state index in [0.29, 0.717) is 29.6 Å². The van der Waals surface area contributed by atoms with E-state index in [0.717, 1.165) is 5.82 Å².